The molecule has 16 heavy (non-hydrogen) atoms. The van der Waals surface area contributed by atoms with Gasteiger partial charge in [-0.3, -0.25) is 4.79 Å². The van der Waals surface area contributed by atoms with E-state index in [2.05, 4.69) is 33.0 Å². The van der Waals surface area contributed by atoms with Crippen LogP contribution >= 0.6 is 0 Å². The highest BCUT2D eigenvalue weighted by molar-refractivity contribution is 5.76. The van der Waals surface area contributed by atoms with Gasteiger partial charge in [0, 0.05) is 12.5 Å². The number of nitrogens with one attached hydrogen (secondary N) is 1. The molecule has 2 aliphatic carbocycles. The zero-order valence-corrected chi connectivity index (χ0v) is 11.1. The van der Waals surface area contributed by atoms with E-state index in [4.69, 9.17) is 0 Å². The predicted octanol–water partition coefficient (Wildman–Crippen LogP) is 3.12. The number of carbonyl (C=O) groups is 1. The molecule has 3 atom stereocenters. The SMILES string of the molecule is CCCC(=O)N[C@H]1C[C@@H]2CC[C@]1(C)C2(C)C. The lowest BCUT2D eigenvalue weighted by molar-refractivity contribution is -0.122. The Bertz CT molecular complexity index is 297. The summed E-state index contributed by atoms with van der Waals surface area (Å²) >= 11 is 0. The van der Waals surface area contributed by atoms with Gasteiger partial charge in [-0.2, -0.15) is 0 Å². The molecule has 0 spiro atoms. The zero-order chi connectivity index (χ0) is 12.0. The van der Waals surface area contributed by atoms with Gasteiger partial charge in [0.15, 0.2) is 0 Å². The van der Waals surface area contributed by atoms with E-state index in [1.54, 1.807) is 0 Å². The molecule has 0 radical (unpaired) electrons. The number of amides is 1. The smallest absolute Gasteiger partial charge is 0.220 e. The Kier molecular flexibility index (Phi) is 2.80. The first kappa shape index (κ1) is 11.9. The molecular weight excluding hydrogens is 198 g/mol. The number of hydrogen-bond acceptors (Lipinski definition) is 1. The monoisotopic (exact) mass is 223 g/mol. The van der Waals surface area contributed by atoms with E-state index in [0.29, 0.717) is 23.3 Å². The lowest BCUT2D eigenvalue weighted by Gasteiger charge is -2.39. The molecule has 0 aromatic heterocycles. The van der Waals surface area contributed by atoms with E-state index in [0.717, 1.165) is 12.3 Å². The predicted molar refractivity (Wildman–Crippen MR) is 66.1 cm³/mol. The van der Waals surface area contributed by atoms with Crippen molar-refractivity contribution in [3.05, 3.63) is 0 Å². The lowest BCUT2D eigenvalue weighted by Crippen LogP contribution is -2.46. The minimum absolute atomic E-state index is 0.247. The van der Waals surface area contributed by atoms with Crippen molar-refractivity contribution >= 4 is 5.91 Å². The van der Waals surface area contributed by atoms with Crippen LogP contribution in [0.2, 0.25) is 0 Å². The molecule has 2 fully saturated rings. The highest BCUT2D eigenvalue weighted by Crippen LogP contribution is 2.65. The summed E-state index contributed by atoms with van der Waals surface area (Å²) in [5.41, 5.74) is 0.720. The molecule has 0 aromatic carbocycles. The van der Waals surface area contributed by atoms with E-state index < -0.39 is 0 Å². The number of rotatable bonds is 3. The van der Waals surface area contributed by atoms with Gasteiger partial charge in [0.2, 0.25) is 5.91 Å². The average molecular weight is 223 g/mol. The molecule has 2 heteroatoms. The van der Waals surface area contributed by atoms with Crippen molar-refractivity contribution in [2.24, 2.45) is 16.7 Å². The van der Waals surface area contributed by atoms with Gasteiger partial charge >= 0.3 is 0 Å². The molecule has 2 rings (SSSR count). The van der Waals surface area contributed by atoms with Crippen molar-refractivity contribution in [3.8, 4) is 0 Å². The molecule has 2 saturated carbocycles. The molecule has 2 aliphatic rings. The van der Waals surface area contributed by atoms with Gasteiger partial charge in [-0.05, 0) is 42.4 Å². The van der Waals surface area contributed by atoms with E-state index in [-0.39, 0.29) is 5.91 Å². The number of hydrogen-bond donors (Lipinski definition) is 1. The summed E-state index contributed by atoms with van der Waals surface area (Å²) in [4.78, 5) is 11.7. The van der Waals surface area contributed by atoms with Crippen molar-refractivity contribution in [2.45, 2.75) is 65.8 Å². The second kappa shape index (κ2) is 3.75. The Morgan fingerprint density at radius 2 is 2.06 bits per heavy atom. The number of fused-ring (bicyclic) bond motifs is 2. The largest absolute Gasteiger partial charge is 0.353 e. The third kappa shape index (κ3) is 1.49. The van der Waals surface area contributed by atoms with Crippen LogP contribution in [-0.2, 0) is 4.79 Å². The average Bonchev–Trinajstić information content (AvgIpc) is 2.51. The fourth-order valence-electron chi connectivity index (χ4n) is 3.92. The van der Waals surface area contributed by atoms with Crippen LogP contribution in [0.1, 0.15) is 59.8 Å². The molecule has 0 unspecified atom stereocenters. The highest BCUT2D eigenvalue weighted by Gasteiger charge is 2.61. The van der Waals surface area contributed by atoms with Gasteiger partial charge in [0.25, 0.3) is 0 Å². The molecule has 2 bridgehead atoms. The Morgan fingerprint density at radius 3 is 2.50 bits per heavy atom. The fourth-order valence-corrected chi connectivity index (χ4v) is 3.92. The van der Waals surface area contributed by atoms with Crippen LogP contribution in [0.25, 0.3) is 0 Å². The van der Waals surface area contributed by atoms with E-state index >= 15 is 0 Å². The summed E-state index contributed by atoms with van der Waals surface area (Å²) in [6, 6.07) is 0.417. The molecule has 92 valence electrons. The summed E-state index contributed by atoms with van der Waals surface area (Å²) in [5.74, 6) is 1.06. The maximum absolute atomic E-state index is 11.7. The quantitative estimate of drug-likeness (QED) is 0.782. The first-order chi connectivity index (χ1) is 7.41. The van der Waals surface area contributed by atoms with E-state index in [1.807, 2.05) is 0 Å². The third-order valence-corrected chi connectivity index (χ3v) is 5.61. The Hall–Kier alpha value is -0.530. The topological polar surface area (TPSA) is 29.1 Å². The minimum Gasteiger partial charge on any atom is -0.353 e. The van der Waals surface area contributed by atoms with Crippen LogP contribution in [0.3, 0.4) is 0 Å². The summed E-state index contributed by atoms with van der Waals surface area (Å²) in [6.45, 7) is 9.20. The molecule has 0 aliphatic heterocycles. The van der Waals surface area contributed by atoms with Crippen LogP contribution in [0, 0.1) is 16.7 Å². The third-order valence-electron chi connectivity index (χ3n) is 5.61. The van der Waals surface area contributed by atoms with Crippen molar-refractivity contribution in [1.82, 2.24) is 5.32 Å². The Balaban J connectivity index is 2.07. The van der Waals surface area contributed by atoms with Crippen LogP contribution in [-0.4, -0.2) is 11.9 Å². The normalized spacial score (nSPS) is 40.0. The Morgan fingerprint density at radius 1 is 1.38 bits per heavy atom. The fraction of sp³-hybridized carbons (Fsp3) is 0.929. The maximum atomic E-state index is 11.7. The van der Waals surface area contributed by atoms with Gasteiger partial charge < -0.3 is 5.32 Å². The lowest BCUT2D eigenvalue weighted by atomic mass is 9.69. The molecule has 1 N–H and O–H groups in total. The molecule has 0 aromatic rings. The van der Waals surface area contributed by atoms with Gasteiger partial charge in [-0.15, -0.1) is 0 Å². The first-order valence-electron chi connectivity index (χ1n) is 6.71. The number of carbonyl (C=O) groups excluding carboxylic acids is 1. The molecule has 0 saturated heterocycles. The molecular formula is C14H25NO. The second-order valence-electron chi connectivity index (χ2n) is 6.48. The van der Waals surface area contributed by atoms with E-state index in [9.17, 15) is 4.79 Å². The van der Waals surface area contributed by atoms with Crippen molar-refractivity contribution in [2.75, 3.05) is 0 Å². The standard InChI is InChI=1S/C14H25NO/c1-5-6-12(16)15-11-9-10-7-8-14(11,4)13(10,2)3/h10-11H,5-9H2,1-4H3,(H,15,16)/t10-,11-,14-/m0/s1. The maximum Gasteiger partial charge on any atom is 0.220 e. The molecule has 1 amide bonds. The van der Waals surface area contributed by atoms with Crippen molar-refractivity contribution in [3.63, 3.8) is 0 Å². The van der Waals surface area contributed by atoms with Gasteiger partial charge in [-0.25, -0.2) is 0 Å². The van der Waals surface area contributed by atoms with Crippen LogP contribution < -0.4 is 5.32 Å². The van der Waals surface area contributed by atoms with Crippen molar-refractivity contribution < 1.29 is 4.79 Å². The Labute approximate surface area is 99.2 Å². The first-order valence-corrected chi connectivity index (χ1v) is 6.71. The summed E-state index contributed by atoms with van der Waals surface area (Å²) < 4.78 is 0. The highest BCUT2D eigenvalue weighted by atomic mass is 16.1. The second-order valence-corrected chi connectivity index (χ2v) is 6.48. The van der Waals surface area contributed by atoms with Crippen LogP contribution in [0.5, 0.6) is 0 Å². The van der Waals surface area contributed by atoms with E-state index in [1.165, 1.54) is 19.3 Å². The van der Waals surface area contributed by atoms with Gasteiger partial charge in [-0.1, -0.05) is 27.7 Å². The molecule has 2 nitrogen and oxygen atoms in total. The van der Waals surface area contributed by atoms with Gasteiger partial charge in [0.05, 0.1) is 0 Å². The summed E-state index contributed by atoms with van der Waals surface area (Å²) in [6.07, 6.45) is 5.45. The summed E-state index contributed by atoms with van der Waals surface area (Å²) in [7, 11) is 0. The van der Waals surface area contributed by atoms with Crippen LogP contribution in [0.4, 0.5) is 0 Å². The summed E-state index contributed by atoms with van der Waals surface area (Å²) in [5, 5.41) is 3.27. The van der Waals surface area contributed by atoms with Crippen LogP contribution in [0.15, 0.2) is 0 Å². The van der Waals surface area contributed by atoms with Crippen molar-refractivity contribution in [1.29, 1.82) is 0 Å². The molecule has 0 heterocycles. The van der Waals surface area contributed by atoms with Gasteiger partial charge in [0.1, 0.15) is 0 Å². The zero-order valence-electron chi connectivity index (χ0n) is 11.1. The minimum atomic E-state index is 0.247.